The van der Waals surface area contributed by atoms with Gasteiger partial charge in [-0.15, -0.1) is 0 Å². The van der Waals surface area contributed by atoms with E-state index in [1.165, 1.54) is 7.11 Å². The van der Waals surface area contributed by atoms with Gasteiger partial charge in [0.15, 0.2) is 0 Å². The van der Waals surface area contributed by atoms with Crippen molar-refractivity contribution in [3.05, 3.63) is 59.7 Å². The van der Waals surface area contributed by atoms with Crippen LogP contribution in [0.2, 0.25) is 0 Å². The number of hydrogen-bond donors (Lipinski definition) is 1. The van der Waals surface area contributed by atoms with Gasteiger partial charge in [0.2, 0.25) is 0 Å². The zero-order chi connectivity index (χ0) is 16.8. The van der Waals surface area contributed by atoms with Gasteiger partial charge in [0.05, 0.1) is 18.8 Å². The highest BCUT2D eigenvalue weighted by atomic mass is 16.5. The molecule has 0 amide bonds. The lowest BCUT2D eigenvalue weighted by Gasteiger charge is -2.10. The highest BCUT2D eigenvalue weighted by Crippen LogP contribution is 2.28. The molecule has 2 aromatic carbocycles. The standard InChI is InChI=1S/C19H20O4/c1-13(2)23-15-10-8-14(9-11-15)12-17(19(20)21)16-6-4-5-7-18(16)22-3/h4-13H,1-3H3,(H,20,21)/b17-12-. The molecule has 2 rings (SSSR count). The van der Waals surface area contributed by atoms with Crippen molar-refractivity contribution in [2.45, 2.75) is 20.0 Å². The van der Waals surface area contributed by atoms with Crippen molar-refractivity contribution in [2.75, 3.05) is 7.11 Å². The van der Waals surface area contributed by atoms with Crippen LogP contribution >= 0.6 is 0 Å². The Balaban J connectivity index is 2.38. The van der Waals surface area contributed by atoms with Crippen LogP contribution in [0, 0.1) is 0 Å². The summed E-state index contributed by atoms with van der Waals surface area (Å²) in [4.78, 5) is 11.6. The number of carboxylic acid groups (broad SMARTS) is 1. The Morgan fingerprint density at radius 1 is 1.09 bits per heavy atom. The molecule has 0 fully saturated rings. The second-order valence-electron chi connectivity index (χ2n) is 5.30. The Morgan fingerprint density at radius 3 is 2.30 bits per heavy atom. The number of aliphatic carboxylic acids is 1. The van der Waals surface area contributed by atoms with Gasteiger partial charge >= 0.3 is 5.97 Å². The number of ether oxygens (including phenoxy) is 2. The smallest absolute Gasteiger partial charge is 0.336 e. The van der Waals surface area contributed by atoms with Crippen LogP contribution < -0.4 is 9.47 Å². The Labute approximate surface area is 136 Å². The minimum absolute atomic E-state index is 0.0968. The third kappa shape index (κ3) is 4.36. The van der Waals surface area contributed by atoms with E-state index in [0.717, 1.165) is 11.3 Å². The monoisotopic (exact) mass is 312 g/mol. The van der Waals surface area contributed by atoms with Gasteiger partial charge in [-0.25, -0.2) is 4.79 Å². The molecular weight excluding hydrogens is 292 g/mol. The second kappa shape index (κ2) is 7.49. The number of para-hydroxylation sites is 1. The molecular formula is C19H20O4. The summed E-state index contributed by atoms with van der Waals surface area (Å²) in [6.45, 7) is 3.91. The van der Waals surface area contributed by atoms with E-state index in [2.05, 4.69) is 0 Å². The average molecular weight is 312 g/mol. The van der Waals surface area contributed by atoms with E-state index in [1.54, 1.807) is 30.3 Å². The summed E-state index contributed by atoms with van der Waals surface area (Å²) in [5.74, 6) is 0.282. The first kappa shape index (κ1) is 16.6. The zero-order valence-corrected chi connectivity index (χ0v) is 13.4. The van der Waals surface area contributed by atoms with Crippen molar-refractivity contribution in [2.24, 2.45) is 0 Å². The molecule has 0 aliphatic heterocycles. The Bertz CT molecular complexity index is 700. The van der Waals surface area contributed by atoms with E-state index < -0.39 is 5.97 Å². The average Bonchev–Trinajstić information content (AvgIpc) is 2.53. The third-order valence-electron chi connectivity index (χ3n) is 3.19. The van der Waals surface area contributed by atoms with Gasteiger partial charge in [-0.05, 0) is 43.7 Å². The van der Waals surface area contributed by atoms with E-state index in [1.807, 2.05) is 38.1 Å². The molecule has 120 valence electrons. The molecule has 0 bridgehead atoms. The van der Waals surface area contributed by atoms with Crippen LogP contribution in [-0.4, -0.2) is 24.3 Å². The van der Waals surface area contributed by atoms with Crippen molar-refractivity contribution in [3.63, 3.8) is 0 Å². The van der Waals surface area contributed by atoms with Crippen LogP contribution in [0.15, 0.2) is 48.5 Å². The summed E-state index contributed by atoms with van der Waals surface area (Å²) in [5, 5.41) is 9.53. The maximum atomic E-state index is 11.6. The lowest BCUT2D eigenvalue weighted by atomic mass is 10.0. The van der Waals surface area contributed by atoms with Crippen molar-refractivity contribution >= 4 is 17.6 Å². The van der Waals surface area contributed by atoms with E-state index >= 15 is 0 Å². The maximum absolute atomic E-state index is 11.6. The Morgan fingerprint density at radius 2 is 1.74 bits per heavy atom. The third-order valence-corrected chi connectivity index (χ3v) is 3.19. The summed E-state index contributed by atoms with van der Waals surface area (Å²) in [5.41, 5.74) is 1.51. The molecule has 0 aliphatic carbocycles. The molecule has 0 heterocycles. The number of carbonyl (C=O) groups is 1. The van der Waals surface area contributed by atoms with Gasteiger partial charge in [-0.2, -0.15) is 0 Å². The molecule has 0 spiro atoms. The van der Waals surface area contributed by atoms with Gasteiger partial charge < -0.3 is 14.6 Å². The predicted octanol–water partition coefficient (Wildman–Crippen LogP) is 4.11. The number of carboxylic acids is 1. The van der Waals surface area contributed by atoms with Crippen LogP contribution in [0.5, 0.6) is 11.5 Å². The number of rotatable bonds is 6. The SMILES string of the molecule is COc1ccccc1/C(=C/c1ccc(OC(C)C)cc1)C(=O)O. The van der Waals surface area contributed by atoms with Crippen LogP contribution in [0.1, 0.15) is 25.0 Å². The summed E-state index contributed by atoms with van der Waals surface area (Å²) in [7, 11) is 1.52. The summed E-state index contributed by atoms with van der Waals surface area (Å²) in [6.07, 6.45) is 1.72. The molecule has 0 unspecified atom stereocenters. The minimum Gasteiger partial charge on any atom is -0.496 e. The molecule has 0 radical (unpaired) electrons. The van der Waals surface area contributed by atoms with E-state index in [4.69, 9.17) is 9.47 Å². The van der Waals surface area contributed by atoms with Crippen LogP contribution in [-0.2, 0) is 4.79 Å². The lowest BCUT2D eigenvalue weighted by molar-refractivity contribution is -0.130. The van der Waals surface area contributed by atoms with Crippen LogP contribution in [0.3, 0.4) is 0 Å². The first-order valence-electron chi connectivity index (χ1n) is 7.36. The van der Waals surface area contributed by atoms with Gasteiger partial charge in [0.1, 0.15) is 11.5 Å². The molecule has 0 aliphatic rings. The highest BCUT2D eigenvalue weighted by Gasteiger charge is 2.15. The second-order valence-corrected chi connectivity index (χ2v) is 5.30. The number of hydrogen-bond acceptors (Lipinski definition) is 3. The van der Waals surface area contributed by atoms with Crippen molar-refractivity contribution < 1.29 is 19.4 Å². The molecule has 4 heteroatoms. The lowest BCUT2D eigenvalue weighted by Crippen LogP contribution is -2.05. The van der Waals surface area contributed by atoms with E-state index in [0.29, 0.717) is 11.3 Å². The number of methoxy groups -OCH3 is 1. The summed E-state index contributed by atoms with van der Waals surface area (Å²) < 4.78 is 10.8. The fourth-order valence-corrected chi connectivity index (χ4v) is 2.20. The van der Waals surface area contributed by atoms with Crippen molar-refractivity contribution in [3.8, 4) is 11.5 Å². The fraction of sp³-hybridized carbons (Fsp3) is 0.211. The molecule has 0 aromatic heterocycles. The Kier molecular flexibility index (Phi) is 5.41. The molecule has 23 heavy (non-hydrogen) atoms. The highest BCUT2D eigenvalue weighted by molar-refractivity contribution is 6.21. The van der Waals surface area contributed by atoms with Crippen LogP contribution in [0.4, 0.5) is 0 Å². The molecule has 2 aromatic rings. The first-order chi connectivity index (χ1) is 11.0. The molecule has 0 saturated heterocycles. The first-order valence-corrected chi connectivity index (χ1v) is 7.36. The molecule has 0 saturated carbocycles. The van der Waals surface area contributed by atoms with Gasteiger partial charge in [-0.1, -0.05) is 30.3 Å². The molecule has 4 nitrogen and oxygen atoms in total. The van der Waals surface area contributed by atoms with Gasteiger partial charge in [0.25, 0.3) is 0 Å². The summed E-state index contributed by atoms with van der Waals surface area (Å²) in [6, 6.07) is 14.4. The molecule has 0 atom stereocenters. The van der Waals surface area contributed by atoms with Crippen molar-refractivity contribution in [1.29, 1.82) is 0 Å². The van der Waals surface area contributed by atoms with Crippen molar-refractivity contribution in [1.82, 2.24) is 0 Å². The maximum Gasteiger partial charge on any atom is 0.336 e. The minimum atomic E-state index is -1.00. The quantitative estimate of drug-likeness (QED) is 0.644. The van der Waals surface area contributed by atoms with Crippen LogP contribution in [0.25, 0.3) is 11.6 Å². The fourth-order valence-electron chi connectivity index (χ4n) is 2.20. The van der Waals surface area contributed by atoms with E-state index in [-0.39, 0.29) is 11.7 Å². The topological polar surface area (TPSA) is 55.8 Å². The van der Waals surface area contributed by atoms with E-state index in [9.17, 15) is 9.90 Å². The van der Waals surface area contributed by atoms with Gasteiger partial charge in [0, 0.05) is 5.56 Å². The van der Waals surface area contributed by atoms with Gasteiger partial charge in [-0.3, -0.25) is 0 Å². The predicted molar refractivity (Wildman–Crippen MR) is 90.7 cm³/mol. The normalized spacial score (nSPS) is 11.4. The zero-order valence-electron chi connectivity index (χ0n) is 13.4. The Hall–Kier alpha value is -2.75. The number of benzene rings is 2. The largest absolute Gasteiger partial charge is 0.496 e. The molecule has 1 N–H and O–H groups in total. The summed E-state index contributed by atoms with van der Waals surface area (Å²) >= 11 is 0.